The molecule has 0 spiro atoms. The van der Waals surface area contributed by atoms with Gasteiger partial charge in [-0.1, -0.05) is 114 Å². The lowest BCUT2D eigenvalue weighted by Crippen LogP contribution is -2.61. The van der Waals surface area contributed by atoms with Gasteiger partial charge in [0.2, 0.25) is 0 Å². The highest BCUT2D eigenvalue weighted by Gasteiger charge is 2.46. The molecule has 0 radical (unpaired) electrons. The smallest absolute Gasteiger partial charge is 0.406 e. The highest BCUT2D eigenvalue weighted by atomic mass is 19.4. The Balaban J connectivity index is 1.43. The zero-order valence-corrected chi connectivity index (χ0v) is 33.3. The molecule has 0 aliphatic carbocycles. The van der Waals surface area contributed by atoms with Gasteiger partial charge in [-0.05, 0) is 86.9 Å². The van der Waals surface area contributed by atoms with Crippen LogP contribution in [-0.4, -0.2) is 23.0 Å². The molecule has 4 heterocycles. The van der Waals surface area contributed by atoms with E-state index in [0.717, 1.165) is 72.8 Å². The lowest BCUT2D eigenvalue weighted by molar-refractivity contribution is -0.274. The molecule has 0 atom stereocenters. The second-order valence-electron chi connectivity index (χ2n) is 17.0. The number of halogens is 3. The summed E-state index contributed by atoms with van der Waals surface area (Å²) in [6.07, 6.45) is -1.43. The summed E-state index contributed by atoms with van der Waals surface area (Å²) < 4.78 is 48.4. The van der Waals surface area contributed by atoms with E-state index in [1.165, 1.54) is 0 Å². The summed E-state index contributed by atoms with van der Waals surface area (Å²) in [6, 6.07) is 43.8. The number of rotatable bonds is 5. The lowest BCUT2D eigenvalue weighted by atomic mass is 9.33. The van der Waals surface area contributed by atoms with Gasteiger partial charge in [-0.3, -0.25) is 9.97 Å². The molecule has 5 aromatic carbocycles. The number of pyridine rings is 2. The number of benzene rings is 5. The zero-order chi connectivity index (χ0) is 40.6. The summed E-state index contributed by atoms with van der Waals surface area (Å²) in [6.45, 7) is 12.7. The SMILES string of the molecule is CC(C)(C)c1ccc2c(c1)N(c1ccccc1-c1ccccn1)c1cc(OC(F)(F)F)cc3c1B2c1ccc(C(C)(C)C)cc1N3c1ccccc1-c1ccccn1. The zero-order valence-electron chi connectivity index (χ0n) is 33.3. The van der Waals surface area contributed by atoms with E-state index in [1.807, 2.05) is 84.9 Å². The normalized spacial score (nSPS) is 13.5. The molecule has 58 heavy (non-hydrogen) atoms. The summed E-state index contributed by atoms with van der Waals surface area (Å²) >= 11 is 0. The van der Waals surface area contributed by atoms with Crippen molar-refractivity contribution in [3.8, 4) is 28.3 Å². The van der Waals surface area contributed by atoms with E-state index in [4.69, 9.17) is 14.7 Å². The number of fused-ring (bicyclic) bond motifs is 4. The van der Waals surface area contributed by atoms with Crippen molar-refractivity contribution in [1.82, 2.24) is 9.97 Å². The van der Waals surface area contributed by atoms with Crippen LogP contribution in [0.3, 0.4) is 0 Å². The third kappa shape index (κ3) is 6.48. The van der Waals surface area contributed by atoms with Crippen LogP contribution in [0.25, 0.3) is 22.5 Å². The minimum atomic E-state index is -4.94. The maximum Gasteiger partial charge on any atom is 0.573 e. The predicted molar refractivity (Wildman–Crippen MR) is 231 cm³/mol. The molecule has 7 aromatic rings. The van der Waals surface area contributed by atoms with E-state index in [2.05, 4.69) is 87.7 Å². The van der Waals surface area contributed by atoms with Crippen molar-refractivity contribution in [3.05, 3.63) is 157 Å². The standard InChI is InChI=1S/C49H42BF3N4O/c1-47(2,3)31-21-23-36-42(27-31)56(40-19-9-7-15-34(40)38-17-11-13-25-54-38)44-29-33(58-49(51,52)53)30-45-46(44)50(36)37-24-22-32(48(4,5)6)28-43(37)57(45)41-20-10-8-16-35(41)39-18-12-14-26-55-39/h7-30H,1-6H3. The number of hydrogen-bond donors (Lipinski definition) is 0. The van der Waals surface area contributed by atoms with Crippen molar-refractivity contribution in [1.29, 1.82) is 0 Å². The Labute approximate surface area is 337 Å². The Morgan fingerprint density at radius 1 is 0.483 bits per heavy atom. The van der Waals surface area contributed by atoms with Crippen LogP contribution >= 0.6 is 0 Å². The Hall–Kier alpha value is -6.35. The van der Waals surface area contributed by atoms with Crippen molar-refractivity contribution in [2.24, 2.45) is 0 Å². The molecule has 2 aliphatic rings. The molecule has 0 fully saturated rings. The molecule has 288 valence electrons. The van der Waals surface area contributed by atoms with Gasteiger partial charge in [0, 0.05) is 58.4 Å². The third-order valence-electron chi connectivity index (χ3n) is 11.2. The predicted octanol–water partition coefficient (Wildman–Crippen LogP) is 11.4. The van der Waals surface area contributed by atoms with Crippen LogP contribution in [0, 0.1) is 0 Å². The number of alkyl halides is 3. The van der Waals surface area contributed by atoms with E-state index < -0.39 is 6.36 Å². The Bertz CT molecular complexity index is 2510. The Kier molecular flexibility index (Phi) is 8.77. The first-order chi connectivity index (χ1) is 27.7. The third-order valence-corrected chi connectivity index (χ3v) is 11.2. The van der Waals surface area contributed by atoms with Crippen molar-refractivity contribution in [3.63, 3.8) is 0 Å². The molecule has 5 nitrogen and oxygen atoms in total. The molecular weight excluding hydrogens is 728 g/mol. The number of aromatic nitrogens is 2. The van der Waals surface area contributed by atoms with Crippen LogP contribution in [0.4, 0.5) is 47.3 Å². The van der Waals surface area contributed by atoms with Gasteiger partial charge in [-0.25, -0.2) is 0 Å². The second-order valence-corrected chi connectivity index (χ2v) is 17.0. The molecule has 9 heteroatoms. The molecule has 0 saturated carbocycles. The van der Waals surface area contributed by atoms with E-state index in [0.29, 0.717) is 11.4 Å². The monoisotopic (exact) mass is 770 g/mol. The molecule has 0 bridgehead atoms. The first kappa shape index (κ1) is 37.2. The minimum absolute atomic E-state index is 0.216. The van der Waals surface area contributed by atoms with E-state index in [9.17, 15) is 13.2 Å². The van der Waals surface area contributed by atoms with E-state index in [1.54, 1.807) is 24.5 Å². The fourth-order valence-corrected chi connectivity index (χ4v) is 8.42. The maximum absolute atomic E-state index is 14.5. The molecule has 9 rings (SSSR count). The fraction of sp³-hybridized carbons (Fsp3) is 0.184. The molecule has 2 aliphatic heterocycles. The van der Waals surface area contributed by atoms with Gasteiger partial charge >= 0.3 is 6.36 Å². The van der Waals surface area contributed by atoms with Crippen LogP contribution in [0.1, 0.15) is 52.7 Å². The average Bonchev–Trinajstić information content (AvgIpc) is 3.19. The topological polar surface area (TPSA) is 41.5 Å². The van der Waals surface area contributed by atoms with Crippen molar-refractivity contribution >= 4 is 57.2 Å². The van der Waals surface area contributed by atoms with Crippen LogP contribution < -0.4 is 30.9 Å². The summed E-state index contributed by atoms with van der Waals surface area (Å²) in [5.74, 6) is -0.313. The lowest BCUT2D eigenvalue weighted by Gasteiger charge is -2.45. The highest BCUT2D eigenvalue weighted by Crippen LogP contribution is 2.50. The van der Waals surface area contributed by atoms with Crippen molar-refractivity contribution < 1.29 is 17.9 Å². The number of para-hydroxylation sites is 2. The molecule has 2 aromatic heterocycles. The van der Waals surface area contributed by atoms with Gasteiger partial charge < -0.3 is 14.5 Å². The average molecular weight is 771 g/mol. The van der Waals surface area contributed by atoms with Gasteiger partial charge in [0.1, 0.15) is 5.75 Å². The summed E-state index contributed by atoms with van der Waals surface area (Å²) in [5, 5.41) is 0. The number of nitrogens with zero attached hydrogens (tertiary/aromatic N) is 4. The van der Waals surface area contributed by atoms with Crippen LogP contribution in [0.2, 0.25) is 0 Å². The molecule has 0 N–H and O–H groups in total. The molecule has 0 amide bonds. The molecule has 0 unspecified atom stereocenters. The second kappa shape index (κ2) is 13.6. The Morgan fingerprint density at radius 2 is 0.914 bits per heavy atom. The van der Waals surface area contributed by atoms with Gasteiger partial charge in [0.15, 0.2) is 0 Å². The quantitative estimate of drug-likeness (QED) is 0.163. The first-order valence-corrected chi connectivity index (χ1v) is 19.5. The van der Waals surface area contributed by atoms with Crippen LogP contribution in [-0.2, 0) is 10.8 Å². The number of ether oxygens (including phenoxy) is 1. The summed E-state index contributed by atoms with van der Waals surface area (Å²) in [7, 11) is 0. The van der Waals surface area contributed by atoms with Crippen molar-refractivity contribution in [2.75, 3.05) is 9.80 Å². The first-order valence-electron chi connectivity index (χ1n) is 19.5. The fourth-order valence-electron chi connectivity index (χ4n) is 8.42. The van der Waals surface area contributed by atoms with Gasteiger partial charge in [0.25, 0.3) is 6.71 Å². The van der Waals surface area contributed by atoms with Crippen LogP contribution in [0.5, 0.6) is 5.75 Å². The van der Waals surface area contributed by atoms with Gasteiger partial charge in [-0.2, -0.15) is 0 Å². The van der Waals surface area contributed by atoms with E-state index >= 15 is 0 Å². The Morgan fingerprint density at radius 3 is 1.31 bits per heavy atom. The number of anilines is 6. The highest BCUT2D eigenvalue weighted by molar-refractivity contribution is 7.00. The van der Waals surface area contributed by atoms with E-state index in [-0.39, 0.29) is 23.3 Å². The van der Waals surface area contributed by atoms with Gasteiger partial charge in [0.05, 0.1) is 22.8 Å². The number of hydrogen-bond acceptors (Lipinski definition) is 5. The van der Waals surface area contributed by atoms with Crippen LogP contribution in [0.15, 0.2) is 146 Å². The molecule has 0 saturated heterocycles. The molecular formula is C49H42BF3N4O. The summed E-state index contributed by atoms with van der Waals surface area (Å²) in [4.78, 5) is 13.7. The summed E-state index contributed by atoms with van der Waals surface area (Å²) in [5.41, 5.74) is 12.4. The van der Waals surface area contributed by atoms with Crippen molar-refractivity contribution in [2.45, 2.75) is 58.7 Å². The largest absolute Gasteiger partial charge is 0.573 e. The maximum atomic E-state index is 14.5. The van der Waals surface area contributed by atoms with Gasteiger partial charge in [-0.15, -0.1) is 13.2 Å². The minimum Gasteiger partial charge on any atom is -0.406 e.